The van der Waals surface area contributed by atoms with E-state index in [1.165, 1.54) is 36.2 Å². The van der Waals surface area contributed by atoms with E-state index in [1.54, 1.807) is 19.3 Å². The summed E-state index contributed by atoms with van der Waals surface area (Å²) in [6.45, 7) is 0.118. The van der Waals surface area contributed by atoms with Crippen LogP contribution in [0.5, 0.6) is 0 Å². The van der Waals surface area contributed by atoms with Gasteiger partial charge in [0.05, 0.1) is 11.2 Å². The van der Waals surface area contributed by atoms with Crippen LogP contribution in [-0.4, -0.2) is 32.9 Å². The van der Waals surface area contributed by atoms with Crippen molar-refractivity contribution in [2.75, 3.05) is 7.05 Å². The normalized spacial score (nSPS) is 14.9. The van der Waals surface area contributed by atoms with E-state index >= 15 is 0 Å². The molecule has 1 aliphatic rings. The minimum atomic E-state index is -0.452. The maximum Gasteiger partial charge on any atom is 0.272 e. The quantitative estimate of drug-likeness (QED) is 0.357. The third kappa shape index (κ3) is 4.66. The van der Waals surface area contributed by atoms with Gasteiger partial charge in [0.2, 0.25) is 0 Å². The first-order valence-electron chi connectivity index (χ1n) is 10.3. The molecule has 6 N–H and O–H groups in total. The summed E-state index contributed by atoms with van der Waals surface area (Å²) in [5.74, 6) is 6.06. The van der Waals surface area contributed by atoms with Crippen LogP contribution in [0.15, 0.2) is 36.7 Å². The summed E-state index contributed by atoms with van der Waals surface area (Å²) in [6, 6.07) is 6.20. The Morgan fingerprint density at radius 3 is 2.87 bits per heavy atom. The molecule has 0 bridgehead atoms. The molecule has 0 saturated heterocycles. The molecule has 1 saturated carbocycles. The van der Waals surface area contributed by atoms with E-state index in [-0.39, 0.29) is 18.1 Å². The van der Waals surface area contributed by atoms with Gasteiger partial charge in [-0.1, -0.05) is 12.8 Å². The van der Waals surface area contributed by atoms with E-state index in [0.717, 1.165) is 24.2 Å². The van der Waals surface area contributed by atoms with Crippen molar-refractivity contribution in [3.63, 3.8) is 0 Å². The molecule has 0 spiro atoms. The minimum absolute atomic E-state index is 0.118. The largest absolute Gasteiger partial charge is 0.397 e. The predicted octanol–water partition coefficient (Wildman–Crippen LogP) is 2.75. The molecule has 4 rings (SSSR count). The Hall–Kier alpha value is -3.46. The van der Waals surface area contributed by atoms with Crippen LogP contribution in [0.3, 0.4) is 0 Å². The van der Waals surface area contributed by atoms with Crippen LogP contribution in [0.2, 0.25) is 0 Å². The van der Waals surface area contributed by atoms with Crippen molar-refractivity contribution in [2.24, 2.45) is 11.6 Å². The molecule has 0 atom stereocenters. The van der Waals surface area contributed by atoms with Crippen molar-refractivity contribution >= 4 is 22.6 Å². The van der Waals surface area contributed by atoms with Crippen LogP contribution in [0.1, 0.15) is 59.0 Å². The summed E-state index contributed by atoms with van der Waals surface area (Å²) in [7, 11) is 1.62. The Morgan fingerprint density at radius 2 is 2.13 bits per heavy atom. The highest BCUT2D eigenvalue weighted by molar-refractivity contribution is 6.02. The van der Waals surface area contributed by atoms with Gasteiger partial charge in [-0.05, 0) is 42.7 Å². The number of amides is 1. The Balaban J connectivity index is 1.53. The molecule has 31 heavy (non-hydrogen) atoms. The third-order valence-corrected chi connectivity index (χ3v) is 5.46. The molecule has 1 aromatic carbocycles. The number of fused-ring (bicyclic) bond motifs is 1. The van der Waals surface area contributed by atoms with Crippen LogP contribution in [-0.2, 0) is 6.54 Å². The number of nitrogens with two attached hydrogens (primary N) is 2. The van der Waals surface area contributed by atoms with Crippen molar-refractivity contribution < 1.29 is 9.18 Å². The highest BCUT2D eigenvalue weighted by atomic mass is 19.1. The monoisotopic (exact) mass is 423 g/mol. The molecule has 0 aliphatic heterocycles. The summed E-state index contributed by atoms with van der Waals surface area (Å²) in [5, 5.41) is 4.09. The van der Waals surface area contributed by atoms with Crippen LogP contribution >= 0.6 is 0 Å². The molecule has 1 aliphatic carbocycles. The standard InChI is InChI=1S/C22H26FN7O/c1-30(25)12-17(24)15-8-13(9-16(23)10-15)11-27-22(31)20-19-18(6-7-26-20)28-21(29-19)14-4-2-3-5-14/h6-10,12,14H,2-5,11,24-25H2,1H3,(H,27,31)(H,28,29)/b17-12-. The van der Waals surface area contributed by atoms with Crippen LogP contribution in [0.25, 0.3) is 16.7 Å². The third-order valence-electron chi connectivity index (χ3n) is 5.46. The lowest BCUT2D eigenvalue weighted by atomic mass is 10.1. The number of aromatic amines is 1. The maximum atomic E-state index is 14.1. The molecule has 0 unspecified atom stereocenters. The SMILES string of the molecule is CN(N)/C=C(\N)c1cc(F)cc(CNC(=O)c2nccc3[nH]c(C4CCCC4)nc23)c1. The van der Waals surface area contributed by atoms with Gasteiger partial charge in [-0.2, -0.15) is 0 Å². The number of aromatic nitrogens is 3. The molecule has 1 fully saturated rings. The summed E-state index contributed by atoms with van der Waals surface area (Å²) in [5.41, 5.74) is 8.93. The number of imidazole rings is 1. The number of benzene rings is 1. The van der Waals surface area contributed by atoms with Crippen molar-refractivity contribution in [3.8, 4) is 0 Å². The lowest BCUT2D eigenvalue weighted by molar-refractivity contribution is 0.0947. The first-order chi connectivity index (χ1) is 14.9. The fourth-order valence-corrected chi connectivity index (χ4v) is 3.99. The molecule has 8 nitrogen and oxygen atoms in total. The van der Waals surface area contributed by atoms with Crippen molar-refractivity contribution in [1.82, 2.24) is 25.3 Å². The minimum Gasteiger partial charge on any atom is -0.397 e. The number of hydrazine groups is 1. The van der Waals surface area contributed by atoms with Crippen molar-refractivity contribution in [1.29, 1.82) is 0 Å². The average Bonchev–Trinajstić information content (AvgIpc) is 3.40. The number of carbonyl (C=O) groups excluding carboxylic acids is 1. The molecule has 3 aromatic rings. The highest BCUT2D eigenvalue weighted by Gasteiger charge is 2.22. The van der Waals surface area contributed by atoms with Gasteiger partial charge in [-0.15, -0.1) is 0 Å². The van der Waals surface area contributed by atoms with Gasteiger partial charge in [0.15, 0.2) is 5.69 Å². The Bertz CT molecular complexity index is 1130. The smallest absolute Gasteiger partial charge is 0.272 e. The summed E-state index contributed by atoms with van der Waals surface area (Å²) in [6.07, 6.45) is 7.68. The average molecular weight is 423 g/mol. The first-order valence-corrected chi connectivity index (χ1v) is 10.3. The fraction of sp³-hybridized carbons (Fsp3) is 0.318. The van der Waals surface area contributed by atoms with E-state index in [4.69, 9.17) is 11.6 Å². The van der Waals surface area contributed by atoms with Gasteiger partial charge in [0.25, 0.3) is 5.91 Å². The molecule has 2 heterocycles. The van der Waals surface area contributed by atoms with Crippen LogP contribution in [0.4, 0.5) is 4.39 Å². The first kappa shape index (κ1) is 20.8. The maximum absolute atomic E-state index is 14.1. The number of hydrogen-bond donors (Lipinski definition) is 4. The van der Waals surface area contributed by atoms with Gasteiger partial charge in [-0.25, -0.2) is 20.2 Å². The molecule has 1 amide bonds. The Kier molecular flexibility index (Phi) is 5.85. The van der Waals surface area contributed by atoms with Crippen LogP contribution < -0.4 is 16.9 Å². The number of nitrogens with one attached hydrogen (secondary N) is 2. The Morgan fingerprint density at radius 1 is 1.35 bits per heavy atom. The highest BCUT2D eigenvalue weighted by Crippen LogP contribution is 2.33. The zero-order valence-corrected chi connectivity index (χ0v) is 17.4. The predicted molar refractivity (Wildman–Crippen MR) is 117 cm³/mol. The second kappa shape index (κ2) is 8.73. The van der Waals surface area contributed by atoms with Gasteiger partial charge >= 0.3 is 0 Å². The Labute approximate surface area is 179 Å². The second-order valence-corrected chi connectivity index (χ2v) is 7.94. The number of rotatable bonds is 6. The summed E-state index contributed by atoms with van der Waals surface area (Å²) in [4.78, 5) is 25.1. The number of pyridine rings is 1. The van der Waals surface area contributed by atoms with E-state index in [9.17, 15) is 9.18 Å². The molecule has 9 heteroatoms. The molecular formula is C22H26FN7O. The number of halogens is 1. The van der Waals surface area contributed by atoms with Gasteiger partial charge in [-0.3, -0.25) is 4.79 Å². The number of hydrogen-bond acceptors (Lipinski definition) is 6. The summed E-state index contributed by atoms with van der Waals surface area (Å²) >= 11 is 0. The number of carbonyl (C=O) groups is 1. The lowest BCUT2D eigenvalue weighted by Gasteiger charge is -2.11. The van der Waals surface area contributed by atoms with Gasteiger partial charge in [0.1, 0.15) is 17.2 Å². The molecule has 2 aromatic heterocycles. The zero-order chi connectivity index (χ0) is 22.0. The summed E-state index contributed by atoms with van der Waals surface area (Å²) < 4.78 is 14.1. The zero-order valence-electron chi connectivity index (χ0n) is 17.4. The number of H-pyrrole nitrogens is 1. The van der Waals surface area contributed by atoms with E-state index in [0.29, 0.717) is 28.3 Å². The van der Waals surface area contributed by atoms with E-state index in [1.807, 2.05) is 6.07 Å². The van der Waals surface area contributed by atoms with Gasteiger partial charge in [0, 0.05) is 37.5 Å². The van der Waals surface area contributed by atoms with E-state index < -0.39 is 5.82 Å². The van der Waals surface area contributed by atoms with Crippen molar-refractivity contribution in [2.45, 2.75) is 38.1 Å². The van der Waals surface area contributed by atoms with Gasteiger partial charge < -0.3 is 21.0 Å². The van der Waals surface area contributed by atoms with E-state index in [2.05, 4.69) is 20.3 Å². The molecule has 162 valence electrons. The fourth-order valence-electron chi connectivity index (χ4n) is 3.99. The second-order valence-electron chi connectivity index (χ2n) is 7.94. The topological polar surface area (TPSA) is 126 Å². The lowest BCUT2D eigenvalue weighted by Crippen LogP contribution is -2.24. The van der Waals surface area contributed by atoms with Crippen molar-refractivity contribution in [3.05, 3.63) is 65.1 Å². The number of nitrogens with zero attached hydrogens (tertiary/aromatic N) is 3. The molecular weight excluding hydrogens is 397 g/mol. The molecule has 0 radical (unpaired) electrons. The van der Waals surface area contributed by atoms with Crippen LogP contribution in [0, 0.1) is 5.82 Å².